The van der Waals surface area contributed by atoms with Crippen LogP contribution in [-0.4, -0.2) is 32.2 Å². The maximum absolute atomic E-state index is 13.5. The van der Waals surface area contributed by atoms with Crippen LogP contribution in [0.15, 0.2) is 34.7 Å². The van der Waals surface area contributed by atoms with Crippen LogP contribution in [0.2, 0.25) is 0 Å². The summed E-state index contributed by atoms with van der Waals surface area (Å²) in [5.41, 5.74) is 8.19. The van der Waals surface area contributed by atoms with Crippen molar-refractivity contribution in [3.8, 4) is 12.3 Å². The predicted octanol–water partition coefficient (Wildman–Crippen LogP) is 1.65. The summed E-state index contributed by atoms with van der Waals surface area (Å²) in [6.07, 6.45) is 10.4. The minimum absolute atomic E-state index is 0.170. The number of hydrogen-bond donors (Lipinski definition) is 3. The molecule has 110 valence electrons. The first-order valence-electron chi connectivity index (χ1n) is 6.92. The third-order valence-electron chi connectivity index (χ3n) is 3.40. The number of hydrogen-bond acceptors (Lipinski definition) is 3. The van der Waals surface area contributed by atoms with Gasteiger partial charge in [-0.25, -0.2) is 4.39 Å². The minimum Gasteiger partial charge on any atom is -0.327 e. The van der Waals surface area contributed by atoms with E-state index in [1.165, 1.54) is 5.57 Å². The number of nitrogens with two attached hydrogens (primary N) is 1. The van der Waals surface area contributed by atoms with Gasteiger partial charge in [0.15, 0.2) is 0 Å². The summed E-state index contributed by atoms with van der Waals surface area (Å²) in [5.74, 6) is 2.55. The molecule has 4 heteroatoms. The molecule has 1 atom stereocenters. The van der Waals surface area contributed by atoms with Crippen LogP contribution in [0.4, 0.5) is 4.39 Å². The van der Waals surface area contributed by atoms with E-state index in [-0.39, 0.29) is 25.0 Å². The van der Waals surface area contributed by atoms with Crippen LogP contribution in [0.1, 0.15) is 20.3 Å². The van der Waals surface area contributed by atoms with Gasteiger partial charge in [-0.3, -0.25) is 0 Å². The van der Waals surface area contributed by atoms with E-state index >= 15 is 0 Å². The highest BCUT2D eigenvalue weighted by Gasteiger charge is 2.17. The summed E-state index contributed by atoms with van der Waals surface area (Å²) in [4.78, 5) is 0. The molecule has 1 aliphatic heterocycles. The van der Waals surface area contributed by atoms with Gasteiger partial charge in [0, 0.05) is 37.8 Å². The fourth-order valence-electron chi connectivity index (χ4n) is 2.10. The van der Waals surface area contributed by atoms with Gasteiger partial charge in [-0.2, -0.15) is 0 Å². The Morgan fingerprint density at radius 2 is 2.40 bits per heavy atom. The highest BCUT2D eigenvalue weighted by Crippen LogP contribution is 2.17. The fraction of sp³-hybridized carbons (Fsp3) is 0.500. The van der Waals surface area contributed by atoms with Gasteiger partial charge >= 0.3 is 0 Å². The molecule has 1 aliphatic rings. The largest absolute Gasteiger partial charge is 0.327 e. The summed E-state index contributed by atoms with van der Waals surface area (Å²) in [6, 6.07) is 0.268. The number of allylic oxidation sites excluding steroid dienone is 2. The SMILES string of the molecule is C#CC1=C(/C=C\C)CC(CNC/C(F)=C(/C)CN)NC1. The van der Waals surface area contributed by atoms with Crippen LogP contribution in [0.3, 0.4) is 0 Å². The maximum Gasteiger partial charge on any atom is 0.114 e. The zero-order valence-electron chi connectivity index (χ0n) is 12.3. The first-order chi connectivity index (χ1) is 9.62. The quantitative estimate of drug-likeness (QED) is 0.647. The average Bonchev–Trinajstić information content (AvgIpc) is 2.47. The number of rotatable bonds is 6. The van der Waals surface area contributed by atoms with Crippen molar-refractivity contribution in [2.24, 2.45) is 5.73 Å². The van der Waals surface area contributed by atoms with Crippen molar-refractivity contribution in [1.82, 2.24) is 10.6 Å². The van der Waals surface area contributed by atoms with Crippen molar-refractivity contribution in [3.05, 3.63) is 34.7 Å². The molecule has 0 aliphatic carbocycles. The standard InChI is InChI=1S/C16H24FN3/c1-4-6-14-7-15(20-9-13(14)5-2)10-19-11-16(17)12(3)8-18/h2,4,6,15,19-20H,7-11,18H2,1,3H3/b6-4-,16-12+. The maximum atomic E-state index is 13.5. The minimum atomic E-state index is -0.170. The number of nitrogens with one attached hydrogen (secondary N) is 2. The Morgan fingerprint density at radius 3 is 3.00 bits per heavy atom. The van der Waals surface area contributed by atoms with Crippen molar-refractivity contribution in [3.63, 3.8) is 0 Å². The summed E-state index contributed by atoms with van der Waals surface area (Å²) < 4.78 is 13.5. The molecule has 0 saturated carbocycles. The third-order valence-corrected chi connectivity index (χ3v) is 3.40. The molecule has 0 aromatic rings. The van der Waals surface area contributed by atoms with Crippen molar-refractivity contribution < 1.29 is 4.39 Å². The van der Waals surface area contributed by atoms with Crippen molar-refractivity contribution in [2.45, 2.75) is 26.3 Å². The van der Waals surface area contributed by atoms with Crippen LogP contribution < -0.4 is 16.4 Å². The topological polar surface area (TPSA) is 50.1 Å². The van der Waals surface area contributed by atoms with E-state index in [0.717, 1.165) is 12.0 Å². The summed E-state index contributed by atoms with van der Waals surface area (Å²) in [6.45, 7) is 5.57. The molecule has 0 fully saturated rings. The lowest BCUT2D eigenvalue weighted by Gasteiger charge is -2.26. The van der Waals surface area contributed by atoms with Crippen LogP contribution >= 0.6 is 0 Å². The average molecular weight is 277 g/mol. The van der Waals surface area contributed by atoms with Gasteiger partial charge in [-0.15, -0.1) is 6.42 Å². The molecule has 4 N–H and O–H groups in total. The Bertz CT molecular complexity index is 455. The van der Waals surface area contributed by atoms with Gasteiger partial charge in [0.1, 0.15) is 5.83 Å². The normalized spacial score (nSPS) is 21.1. The second-order valence-electron chi connectivity index (χ2n) is 4.95. The first kappa shape index (κ1) is 16.6. The van der Waals surface area contributed by atoms with E-state index < -0.39 is 0 Å². The van der Waals surface area contributed by atoms with Crippen molar-refractivity contribution in [1.29, 1.82) is 0 Å². The van der Waals surface area contributed by atoms with E-state index in [0.29, 0.717) is 18.7 Å². The number of halogens is 1. The van der Waals surface area contributed by atoms with Crippen molar-refractivity contribution >= 4 is 0 Å². The Kier molecular flexibility index (Phi) is 7.24. The Labute approximate surface area is 121 Å². The van der Waals surface area contributed by atoms with Crippen LogP contribution in [-0.2, 0) is 0 Å². The summed E-state index contributed by atoms with van der Waals surface area (Å²) in [5, 5.41) is 6.48. The molecular formula is C16H24FN3. The van der Waals surface area contributed by atoms with E-state index in [1.807, 2.05) is 13.0 Å². The predicted molar refractivity (Wildman–Crippen MR) is 82.8 cm³/mol. The Hall–Kier alpha value is -1.41. The molecule has 3 nitrogen and oxygen atoms in total. The Morgan fingerprint density at radius 1 is 1.65 bits per heavy atom. The van der Waals surface area contributed by atoms with Gasteiger partial charge in [0.25, 0.3) is 0 Å². The lowest BCUT2D eigenvalue weighted by Crippen LogP contribution is -2.43. The second kappa shape index (κ2) is 8.70. The van der Waals surface area contributed by atoms with Gasteiger partial charge < -0.3 is 16.4 Å². The number of terminal acetylenes is 1. The van der Waals surface area contributed by atoms with Gasteiger partial charge in [0.2, 0.25) is 0 Å². The molecule has 0 aromatic carbocycles. The van der Waals surface area contributed by atoms with Gasteiger partial charge in [-0.1, -0.05) is 18.1 Å². The van der Waals surface area contributed by atoms with Crippen LogP contribution in [0, 0.1) is 12.3 Å². The fourth-order valence-corrected chi connectivity index (χ4v) is 2.10. The van der Waals surface area contributed by atoms with Crippen LogP contribution in [0.25, 0.3) is 0 Å². The summed E-state index contributed by atoms with van der Waals surface area (Å²) in [7, 11) is 0. The lowest BCUT2D eigenvalue weighted by atomic mass is 9.95. The molecule has 1 rings (SSSR count). The first-order valence-corrected chi connectivity index (χ1v) is 6.92. The summed E-state index contributed by atoms with van der Waals surface area (Å²) >= 11 is 0. The molecule has 0 bridgehead atoms. The molecule has 20 heavy (non-hydrogen) atoms. The van der Waals surface area contributed by atoms with Gasteiger partial charge in [0.05, 0.1) is 0 Å². The molecular weight excluding hydrogens is 253 g/mol. The molecule has 0 aromatic heterocycles. The highest BCUT2D eigenvalue weighted by atomic mass is 19.1. The van der Waals surface area contributed by atoms with Crippen molar-refractivity contribution in [2.75, 3.05) is 26.2 Å². The third kappa shape index (κ3) is 4.93. The molecule has 0 radical (unpaired) electrons. The second-order valence-corrected chi connectivity index (χ2v) is 4.95. The molecule has 1 heterocycles. The van der Waals surface area contributed by atoms with E-state index in [2.05, 4.69) is 22.6 Å². The molecule has 0 saturated heterocycles. The Balaban J connectivity index is 2.49. The van der Waals surface area contributed by atoms with E-state index in [9.17, 15) is 4.39 Å². The van der Waals surface area contributed by atoms with E-state index in [1.54, 1.807) is 6.92 Å². The molecule has 1 unspecified atom stereocenters. The molecule has 0 spiro atoms. The zero-order chi connectivity index (χ0) is 15.0. The lowest BCUT2D eigenvalue weighted by molar-refractivity contribution is 0.464. The highest BCUT2D eigenvalue weighted by molar-refractivity contribution is 5.40. The molecule has 0 amide bonds. The van der Waals surface area contributed by atoms with E-state index in [4.69, 9.17) is 12.2 Å². The van der Waals surface area contributed by atoms with Gasteiger partial charge in [-0.05, 0) is 31.4 Å². The van der Waals surface area contributed by atoms with Crippen LogP contribution in [0.5, 0.6) is 0 Å². The smallest absolute Gasteiger partial charge is 0.114 e. The monoisotopic (exact) mass is 277 g/mol. The zero-order valence-corrected chi connectivity index (χ0v) is 12.3.